The number of aromatic nitrogens is 4. The Kier molecular flexibility index (Phi) is 7.55. The number of nitriles is 1. The van der Waals surface area contributed by atoms with E-state index >= 15 is 0 Å². The van der Waals surface area contributed by atoms with E-state index in [-0.39, 0.29) is 24.1 Å². The zero-order valence-corrected chi connectivity index (χ0v) is 21.9. The number of hydrogen-bond donors (Lipinski definition) is 1. The number of carbonyl (C=O) groups excluding carboxylic acids is 1. The van der Waals surface area contributed by atoms with Gasteiger partial charge in [0.15, 0.2) is 5.69 Å². The first-order valence-electron chi connectivity index (χ1n) is 13.1. The molecule has 0 bridgehead atoms. The Morgan fingerprint density at radius 1 is 1.16 bits per heavy atom. The highest BCUT2D eigenvalue weighted by atomic mass is 16.5. The molecule has 1 N–H and O–H groups in total. The number of fused-ring (bicyclic) bond motifs is 1. The predicted molar refractivity (Wildman–Crippen MR) is 144 cm³/mol. The second-order valence-corrected chi connectivity index (χ2v) is 9.67. The number of aromatic amines is 1. The number of para-hydroxylation sites is 1. The van der Waals surface area contributed by atoms with E-state index in [0.717, 1.165) is 47.7 Å². The monoisotopic (exact) mass is 508 g/mol. The molecule has 0 spiro atoms. The molecule has 194 valence electrons. The number of imidazole rings is 2. The van der Waals surface area contributed by atoms with Crippen molar-refractivity contribution >= 4 is 5.91 Å². The maximum absolute atomic E-state index is 13.7. The fraction of sp³-hybridized carbons (Fsp3) is 0.333. The Bertz CT molecular complexity index is 1450. The maximum atomic E-state index is 13.7. The molecular formula is C30H32N6O2. The van der Waals surface area contributed by atoms with Crippen LogP contribution in [0.4, 0.5) is 0 Å². The molecule has 38 heavy (non-hydrogen) atoms. The molecule has 1 unspecified atom stereocenters. The van der Waals surface area contributed by atoms with Crippen LogP contribution in [0.25, 0.3) is 11.3 Å². The third-order valence-corrected chi connectivity index (χ3v) is 7.09. The summed E-state index contributed by atoms with van der Waals surface area (Å²) >= 11 is 0. The van der Waals surface area contributed by atoms with E-state index in [1.54, 1.807) is 7.11 Å². The molecule has 3 heterocycles. The quantitative estimate of drug-likeness (QED) is 0.347. The van der Waals surface area contributed by atoms with Crippen LogP contribution in [0.2, 0.25) is 0 Å². The van der Waals surface area contributed by atoms with E-state index in [4.69, 9.17) is 9.72 Å². The van der Waals surface area contributed by atoms with Crippen molar-refractivity contribution in [2.45, 2.75) is 58.2 Å². The first-order valence-corrected chi connectivity index (χ1v) is 13.1. The summed E-state index contributed by atoms with van der Waals surface area (Å²) < 4.78 is 7.71. The molecule has 1 atom stereocenters. The summed E-state index contributed by atoms with van der Waals surface area (Å²) in [5, 5.41) is 9.69. The van der Waals surface area contributed by atoms with E-state index in [9.17, 15) is 10.1 Å². The van der Waals surface area contributed by atoms with Crippen LogP contribution in [0, 0.1) is 11.3 Å². The highest BCUT2D eigenvalue weighted by Gasteiger charge is 2.32. The van der Waals surface area contributed by atoms with Crippen molar-refractivity contribution in [3.63, 3.8) is 0 Å². The van der Waals surface area contributed by atoms with Gasteiger partial charge >= 0.3 is 0 Å². The lowest BCUT2D eigenvalue weighted by Crippen LogP contribution is -2.47. The number of methoxy groups -OCH3 is 1. The lowest BCUT2D eigenvalue weighted by atomic mass is 10.0. The summed E-state index contributed by atoms with van der Waals surface area (Å²) in [5.41, 5.74) is 3.72. The van der Waals surface area contributed by atoms with Crippen molar-refractivity contribution in [2.75, 3.05) is 7.11 Å². The van der Waals surface area contributed by atoms with Gasteiger partial charge in [-0.3, -0.25) is 4.79 Å². The number of ether oxygens (including phenoxy) is 1. The molecule has 5 rings (SSSR count). The van der Waals surface area contributed by atoms with Crippen molar-refractivity contribution in [1.82, 2.24) is 24.4 Å². The van der Waals surface area contributed by atoms with Crippen molar-refractivity contribution < 1.29 is 9.53 Å². The molecule has 2 aromatic heterocycles. The molecule has 8 heteroatoms. The van der Waals surface area contributed by atoms with E-state index in [2.05, 4.69) is 33.7 Å². The summed E-state index contributed by atoms with van der Waals surface area (Å²) in [6.45, 7) is 3.28. The molecule has 1 amide bonds. The van der Waals surface area contributed by atoms with Gasteiger partial charge in [0.25, 0.3) is 0 Å². The molecule has 1 aliphatic rings. The Balaban J connectivity index is 1.38. The molecule has 4 aromatic rings. The summed E-state index contributed by atoms with van der Waals surface area (Å²) in [6, 6.07) is 20.0. The van der Waals surface area contributed by atoms with Gasteiger partial charge in [-0.1, -0.05) is 62.2 Å². The molecule has 0 radical (unpaired) electrons. The number of carbonyl (C=O) groups is 1. The molecule has 2 aromatic carbocycles. The zero-order valence-electron chi connectivity index (χ0n) is 21.9. The van der Waals surface area contributed by atoms with Gasteiger partial charge in [-0.05, 0) is 24.1 Å². The fourth-order valence-electron chi connectivity index (χ4n) is 5.12. The van der Waals surface area contributed by atoms with Crippen molar-refractivity contribution in [1.29, 1.82) is 5.26 Å². The van der Waals surface area contributed by atoms with Crippen LogP contribution >= 0.6 is 0 Å². The van der Waals surface area contributed by atoms with E-state index in [1.165, 1.54) is 0 Å². The number of nitrogens with zero attached hydrogens (tertiary/aromatic N) is 5. The molecule has 8 nitrogen and oxygen atoms in total. The number of amides is 1. The SMILES string of the molecule is CCCCC1Cn2cc(-c3ccccc3OC)nc2CN1C(=O)Cc1[nH]c(Cc2ccccc2)nc1C#N. The van der Waals surface area contributed by atoms with Crippen LogP contribution in [-0.2, 0) is 30.7 Å². The second-order valence-electron chi connectivity index (χ2n) is 9.67. The van der Waals surface area contributed by atoms with Gasteiger partial charge < -0.3 is 19.2 Å². The van der Waals surface area contributed by atoms with Crippen molar-refractivity contribution in [3.05, 3.63) is 89.4 Å². The average molecular weight is 509 g/mol. The first kappa shape index (κ1) is 25.3. The van der Waals surface area contributed by atoms with Crippen LogP contribution in [0.15, 0.2) is 60.8 Å². The molecular weight excluding hydrogens is 476 g/mol. The van der Waals surface area contributed by atoms with Crippen LogP contribution in [-0.4, -0.2) is 43.5 Å². The van der Waals surface area contributed by atoms with Crippen molar-refractivity contribution in [2.24, 2.45) is 0 Å². The van der Waals surface area contributed by atoms with Gasteiger partial charge in [-0.25, -0.2) is 9.97 Å². The van der Waals surface area contributed by atoms with Gasteiger partial charge in [0.05, 0.1) is 37.5 Å². The Morgan fingerprint density at radius 2 is 1.95 bits per heavy atom. The average Bonchev–Trinajstić information content (AvgIpc) is 3.54. The lowest BCUT2D eigenvalue weighted by molar-refractivity contribution is -0.135. The predicted octanol–water partition coefficient (Wildman–Crippen LogP) is 4.89. The van der Waals surface area contributed by atoms with Crippen LogP contribution in [0.3, 0.4) is 0 Å². The normalized spacial score (nSPS) is 14.7. The number of H-pyrrole nitrogens is 1. The highest BCUT2D eigenvalue weighted by Crippen LogP contribution is 2.31. The molecule has 0 aliphatic carbocycles. The van der Waals surface area contributed by atoms with Crippen molar-refractivity contribution in [3.8, 4) is 23.1 Å². The lowest BCUT2D eigenvalue weighted by Gasteiger charge is -2.36. The first-order chi connectivity index (χ1) is 18.6. The van der Waals surface area contributed by atoms with E-state index in [1.807, 2.05) is 59.5 Å². The third kappa shape index (κ3) is 5.32. The minimum Gasteiger partial charge on any atom is -0.496 e. The standard InChI is InChI=1S/C30H32N6O2/c1-3-4-12-22-18-35-19-26(23-13-8-9-14-27(23)38-2)34-29(35)20-36(22)30(37)16-24-25(17-31)33-28(32-24)15-21-10-6-5-7-11-21/h5-11,13-14,19,22H,3-4,12,15-16,18,20H2,1-2H3,(H,32,33). The Morgan fingerprint density at radius 3 is 2.71 bits per heavy atom. The van der Waals surface area contributed by atoms with Crippen LogP contribution < -0.4 is 4.74 Å². The second kappa shape index (κ2) is 11.3. The van der Waals surface area contributed by atoms with Crippen LogP contribution in [0.1, 0.15) is 54.8 Å². The molecule has 0 saturated heterocycles. The van der Waals surface area contributed by atoms with Gasteiger partial charge in [0, 0.05) is 24.7 Å². The molecule has 1 aliphatic heterocycles. The smallest absolute Gasteiger partial charge is 0.229 e. The summed E-state index contributed by atoms with van der Waals surface area (Å²) in [6.07, 6.45) is 5.75. The maximum Gasteiger partial charge on any atom is 0.229 e. The number of hydrogen-bond acceptors (Lipinski definition) is 5. The third-order valence-electron chi connectivity index (χ3n) is 7.09. The van der Waals surface area contributed by atoms with Crippen LogP contribution in [0.5, 0.6) is 5.75 Å². The molecule has 0 saturated carbocycles. The van der Waals surface area contributed by atoms with E-state index < -0.39 is 0 Å². The van der Waals surface area contributed by atoms with Gasteiger partial charge in [0.1, 0.15) is 23.5 Å². The Hall–Kier alpha value is -4.38. The largest absolute Gasteiger partial charge is 0.496 e. The minimum absolute atomic E-state index is 0.0226. The highest BCUT2D eigenvalue weighted by molar-refractivity contribution is 5.79. The number of rotatable bonds is 9. The zero-order chi connectivity index (χ0) is 26.5. The van der Waals surface area contributed by atoms with Gasteiger partial charge in [-0.2, -0.15) is 5.26 Å². The fourth-order valence-corrected chi connectivity index (χ4v) is 5.12. The number of benzene rings is 2. The topological polar surface area (TPSA) is 99.8 Å². The summed E-state index contributed by atoms with van der Waals surface area (Å²) in [7, 11) is 1.66. The molecule has 0 fully saturated rings. The minimum atomic E-state index is -0.0226. The Labute approximate surface area is 222 Å². The summed E-state index contributed by atoms with van der Waals surface area (Å²) in [4.78, 5) is 28.2. The number of unbranched alkanes of at least 4 members (excludes halogenated alkanes) is 1. The summed E-state index contributed by atoms with van der Waals surface area (Å²) in [5.74, 6) is 2.29. The van der Waals surface area contributed by atoms with Gasteiger partial charge in [0.2, 0.25) is 5.91 Å². The number of nitrogens with one attached hydrogen (secondary N) is 1. The van der Waals surface area contributed by atoms with E-state index in [0.29, 0.717) is 31.0 Å². The van der Waals surface area contributed by atoms with Gasteiger partial charge in [-0.15, -0.1) is 0 Å².